The fraction of sp³-hybridized carbons (Fsp3) is 0.519. The molecule has 1 aromatic carbocycles. The summed E-state index contributed by atoms with van der Waals surface area (Å²) in [6, 6.07) is 8.89. The van der Waals surface area contributed by atoms with Crippen LogP contribution in [0.25, 0.3) is 0 Å². The van der Waals surface area contributed by atoms with E-state index < -0.39 is 21.6 Å². The van der Waals surface area contributed by atoms with Gasteiger partial charge in [0, 0.05) is 42.6 Å². The van der Waals surface area contributed by atoms with Crippen molar-refractivity contribution in [1.82, 2.24) is 9.88 Å². The van der Waals surface area contributed by atoms with Crippen molar-refractivity contribution in [3.63, 3.8) is 0 Å². The molecule has 11 heteroatoms. The maximum absolute atomic E-state index is 13.7. The van der Waals surface area contributed by atoms with E-state index in [1.165, 1.54) is 10.6 Å². The van der Waals surface area contributed by atoms with Crippen molar-refractivity contribution in [2.75, 3.05) is 40.5 Å². The Morgan fingerprint density at radius 2 is 1.79 bits per heavy atom. The van der Waals surface area contributed by atoms with E-state index in [0.717, 1.165) is 35.1 Å². The van der Waals surface area contributed by atoms with E-state index >= 15 is 0 Å². The molecule has 202 valence electrons. The van der Waals surface area contributed by atoms with Crippen molar-refractivity contribution in [2.24, 2.45) is 11.8 Å². The van der Waals surface area contributed by atoms with Crippen molar-refractivity contribution in [3.05, 3.63) is 47.7 Å². The second-order valence-corrected chi connectivity index (χ2v) is 13.9. The number of aromatic nitrogens is 1. The number of nitrogens with one attached hydrogen (secondary N) is 1. The molecule has 0 radical (unpaired) electrons. The minimum Gasteiger partial charge on any atom is -0.381 e. The Bertz CT molecular complexity index is 1450. The molecule has 3 amide bonds. The molecule has 1 aliphatic carbocycles. The molecule has 3 aliphatic heterocycles. The van der Waals surface area contributed by atoms with Crippen molar-refractivity contribution < 1.29 is 22.7 Å². The number of urea groups is 1. The molecule has 1 aromatic heterocycles. The van der Waals surface area contributed by atoms with Crippen LogP contribution in [0.2, 0.25) is 0 Å². The average Bonchev–Trinajstić information content (AvgIpc) is 3.11. The van der Waals surface area contributed by atoms with Gasteiger partial charge < -0.3 is 15.0 Å². The highest BCUT2D eigenvalue weighted by Gasteiger charge is 2.54. The number of imide groups is 1. The third kappa shape index (κ3) is 3.86. The molecule has 1 N–H and O–H groups in total. The summed E-state index contributed by atoms with van der Waals surface area (Å²) in [5, 5.41) is 3.48. The van der Waals surface area contributed by atoms with E-state index in [-0.39, 0.29) is 17.9 Å². The molecular weight excluding hydrogens is 506 g/mol. The molecule has 3 fully saturated rings. The van der Waals surface area contributed by atoms with Crippen LogP contribution < -0.4 is 14.5 Å². The quantitative estimate of drug-likeness (QED) is 0.562. The summed E-state index contributed by atoms with van der Waals surface area (Å²) >= 11 is 0. The summed E-state index contributed by atoms with van der Waals surface area (Å²) in [5.41, 5.74) is 1.12. The topological polar surface area (TPSA) is 112 Å². The van der Waals surface area contributed by atoms with Gasteiger partial charge >= 0.3 is 6.03 Å². The number of benzene rings is 1. The fourth-order valence-corrected chi connectivity index (χ4v) is 7.12. The Kier molecular flexibility index (Phi) is 5.39. The molecule has 0 bridgehead atoms. The van der Waals surface area contributed by atoms with Gasteiger partial charge in [0.05, 0.1) is 30.8 Å². The van der Waals surface area contributed by atoms with E-state index in [0.29, 0.717) is 35.8 Å². The van der Waals surface area contributed by atoms with E-state index in [9.17, 15) is 18.0 Å². The predicted molar refractivity (Wildman–Crippen MR) is 144 cm³/mol. The summed E-state index contributed by atoms with van der Waals surface area (Å²) < 4.78 is 31.8. The SMILES string of the molecule is CC1(C)CN(S(C)(=O)=O)c2cc(N3C(=O)N(Cc4ccnc(NC5C6COCC65)c4)C(C)(C)C3=O)ccc21. The highest BCUT2D eigenvalue weighted by Crippen LogP contribution is 2.46. The number of sulfonamides is 1. The number of ether oxygens (including phenoxy) is 1. The molecule has 4 aliphatic rings. The Hall–Kier alpha value is -3.18. The number of amides is 3. The van der Waals surface area contributed by atoms with Gasteiger partial charge in [-0.25, -0.2) is 23.1 Å². The van der Waals surface area contributed by atoms with Crippen LogP contribution in [0.15, 0.2) is 36.5 Å². The van der Waals surface area contributed by atoms with Crippen molar-refractivity contribution in [1.29, 1.82) is 0 Å². The molecule has 2 saturated heterocycles. The van der Waals surface area contributed by atoms with Crippen LogP contribution in [0.1, 0.15) is 38.8 Å². The van der Waals surface area contributed by atoms with Crippen molar-refractivity contribution >= 4 is 39.2 Å². The maximum Gasteiger partial charge on any atom is 0.332 e. The van der Waals surface area contributed by atoms with Crippen LogP contribution >= 0.6 is 0 Å². The van der Waals surface area contributed by atoms with Crippen LogP contribution in [-0.2, 0) is 31.5 Å². The zero-order chi connectivity index (χ0) is 27.2. The van der Waals surface area contributed by atoms with Gasteiger partial charge in [-0.3, -0.25) is 9.10 Å². The highest BCUT2D eigenvalue weighted by atomic mass is 32.2. The molecule has 2 atom stereocenters. The van der Waals surface area contributed by atoms with Gasteiger partial charge in [-0.1, -0.05) is 19.9 Å². The second kappa shape index (κ2) is 8.16. The van der Waals surface area contributed by atoms with Gasteiger partial charge in [0.15, 0.2) is 0 Å². The number of rotatable bonds is 6. The lowest BCUT2D eigenvalue weighted by Gasteiger charge is -2.27. The molecule has 38 heavy (non-hydrogen) atoms. The largest absolute Gasteiger partial charge is 0.381 e. The third-order valence-electron chi connectivity index (χ3n) is 8.43. The van der Waals surface area contributed by atoms with Crippen LogP contribution in [0.3, 0.4) is 0 Å². The van der Waals surface area contributed by atoms with Gasteiger partial charge in [0.2, 0.25) is 10.0 Å². The predicted octanol–water partition coefficient (Wildman–Crippen LogP) is 2.94. The van der Waals surface area contributed by atoms with E-state index in [2.05, 4.69) is 10.3 Å². The van der Waals surface area contributed by atoms with Crippen LogP contribution in [-0.4, -0.2) is 67.8 Å². The highest BCUT2D eigenvalue weighted by molar-refractivity contribution is 7.92. The molecule has 10 nitrogen and oxygen atoms in total. The van der Waals surface area contributed by atoms with Crippen LogP contribution in [0.5, 0.6) is 0 Å². The zero-order valence-electron chi connectivity index (χ0n) is 22.3. The van der Waals surface area contributed by atoms with Gasteiger partial charge in [-0.2, -0.15) is 0 Å². The lowest BCUT2D eigenvalue weighted by atomic mass is 9.87. The van der Waals surface area contributed by atoms with E-state index in [1.807, 2.05) is 32.0 Å². The maximum atomic E-state index is 13.7. The second-order valence-electron chi connectivity index (χ2n) is 12.0. The molecule has 6 rings (SSSR count). The number of fused-ring (bicyclic) bond motifs is 2. The van der Waals surface area contributed by atoms with Crippen LogP contribution in [0, 0.1) is 11.8 Å². The Morgan fingerprint density at radius 1 is 1.08 bits per heavy atom. The van der Waals surface area contributed by atoms with Crippen molar-refractivity contribution in [3.8, 4) is 0 Å². The van der Waals surface area contributed by atoms with E-state index in [1.54, 1.807) is 37.1 Å². The Balaban J connectivity index is 1.27. The standard InChI is InChI=1S/C27H33N5O5S/c1-26(2)15-31(38(5,35)36)21-11-17(6-7-20(21)26)32-24(33)27(3,4)30(25(32)34)12-16-8-9-28-22(10-16)29-23-18-13-37-14-19(18)23/h6-11,18-19,23H,12-15H2,1-5H3,(H,28,29). The number of pyridine rings is 1. The van der Waals surface area contributed by atoms with Crippen molar-refractivity contribution in [2.45, 2.75) is 51.2 Å². The first kappa shape index (κ1) is 25.1. The lowest BCUT2D eigenvalue weighted by molar-refractivity contribution is -0.123. The molecule has 4 heterocycles. The number of carbonyl (C=O) groups excluding carboxylic acids is 2. The smallest absolute Gasteiger partial charge is 0.332 e. The van der Waals surface area contributed by atoms with Gasteiger partial charge in [0.1, 0.15) is 11.4 Å². The first-order chi connectivity index (χ1) is 17.8. The first-order valence-corrected chi connectivity index (χ1v) is 14.7. The number of carbonyl (C=O) groups is 2. The van der Waals surface area contributed by atoms with E-state index in [4.69, 9.17) is 4.74 Å². The normalized spacial score (nSPS) is 27.1. The molecular formula is C27H33N5O5S. The summed E-state index contributed by atoms with van der Waals surface area (Å²) in [6.07, 6.45) is 2.88. The summed E-state index contributed by atoms with van der Waals surface area (Å²) in [7, 11) is -3.53. The zero-order valence-corrected chi connectivity index (χ0v) is 23.1. The average molecular weight is 540 g/mol. The third-order valence-corrected chi connectivity index (χ3v) is 9.56. The molecule has 0 spiro atoms. The number of nitrogens with zero attached hydrogens (tertiary/aromatic N) is 4. The Labute approximate surface area is 223 Å². The first-order valence-electron chi connectivity index (χ1n) is 12.9. The summed E-state index contributed by atoms with van der Waals surface area (Å²) in [6.45, 7) is 9.52. The van der Waals surface area contributed by atoms with Gasteiger partial charge in [-0.05, 0) is 49.2 Å². The number of hydrogen-bond donors (Lipinski definition) is 1. The Morgan fingerprint density at radius 3 is 2.47 bits per heavy atom. The number of hydrogen-bond acceptors (Lipinski definition) is 7. The van der Waals surface area contributed by atoms with Crippen LogP contribution in [0.4, 0.5) is 22.0 Å². The van der Waals surface area contributed by atoms with Gasteiger partial charge in [-0.15, -0.1) is 0 Å². The summed E-state index contributed by atoms with van der Waals surface area (Å²) in [4.78, 5) is 34.4. The summed E-state index contributed by atoms with van der Waals surface area (Å²) in [5.74, 6) is 1.45. The van der Waals surface area contributed by atoms with Gasteiger partial charge in [0.25, 0.3) is 5.91 Å². The molecule has 2 unspecified atom stereocenters. The number of anilines is 3. The lowest BCUT2D eigenvalue weighted by Crippen LogP contribution is -2.43. The monoisotopic (exact) mass is 539 g/mol. The fourth-order valence-electron chi connectivity index (χ4n) is 6.05. The molecule has 1 saturated carbocycles. The minimum absolute atomic E-state index is 0.235. The molecule has 2 aromatic rings. The minimum atomic E-state index is -3.53.